The van der Waals surface area contributed by atoms with Gasteiger partial charge < -0.3 is 10.6 Å². The Bertz CT molecular complexity index is 102. The summed E-state index contributed by atoms with van der Waals surface area (Å²) < 4.78 is 0. The van der Waals surface area contributed by atoms with Gasteiger partial charge in [0.25, 0.3) is 0 Å². The lowest BCUT2D eigenvalue weighted by atomic mass is 9.84. The first-order chi connectivity index (χ1) is 5.38. The Labute approximate surface area is 69.8 Å². The van der Waals surface area contributed by atoms with Gasteiger partial charge in [0.05, 0.1) is 0 Å². The standard InChI is InChI=1S/C9H20N2/c1-3-8-4-5-11-7-9(8)6-10-2/h8-11H,3-7H2,1-2H3. The molecule has 0 aliphatic carbocycles. The Morgan fingerprint density at radius 1 is 1.45 bits per heavy atom. The minimum Gasteiger partial charge on any atom is -0.319 e. The molecule has 2 nitrogen and oxygen atoms in total. The second-order valence-electron chi connectivity index (χ2n) is 3.48. The van der Waals surface area contributed by atoms with Gasteiger partial charge in [-0.05, 0) is 44.9 Å². The molecule has 1 aliphatic rings. The van der Waals surface area contributed by atoms with E-state index >= 15 is 0 Å². The number of hydrogen-bond donors (Lipinski definition) is 2. The van der Waals surface area contributed by atoms with E-state index in [0.29, 0.717) is 0 Å². The van der Waals surface area contributed by atoms with Crippen LogP contribution in [-0.4, -0.2) is 26.7 Å². The van der Waals surface area contributed by atoms with Crippen LogP contribution in [0.4, 0.5) is 0 Å². The molecule has 1 rings (SSSR count). The van der Waals surface area contributed by atoms with Crippen LogP contribution in [0.5, 0.6) is 0 Å². The first kappa shape index (κ1) is 9.01. The first-order valence-corrected chi connectivity index (χ1v) is 4.73. The molecule has 1 saturated heterocycles. The predicted octanol–water partition coefficient (Wildman–Crippen LogP) is 0.842. The van der Waals surface area contributed by atoms with Crippen LogP contribution in [0.3, 0.4) is 0 Å². The SMILES string of the molecule is CCC1CCNCC1CNC. The van der Waals surface area contributed by atoms with Crippen molar-refractivity contribution in [1.29, 1.82) is 0 Å². The molecule has 2 atom stereocenters. The highest BCUT2D eigenvalue weighted by Gasteiger charge is 2.21. The molecule has 0 radical (unpaired) electrons. The largest absolute Gasteiger partial charge is 0.319 e. The number of nitrogens with one attached hydrogen (secondary N) is 2. The number of rotatable bonds is 3. The van der Waals surface area contributed by atoms with E-state index in [0.717, 1.165) is 11.8 Å². The van der Waals surface area contributed by atoms with Crippen LogP contribution in [0.1, 0.15) is 19.8 Å². The third kappa shape index (κ3) is 2.46. The van der Waals surface area contributed by atoms with Crippen LogP contribution in [0.15, 0.2) is 0 Å². The molecular weight excluding hydrogens is 136 g/mol. The summed E-state index contributed by atoms with van der Waals surface area (Å²) in [6.45, 7) is 5.90. The second-order valence-corrected chi connectivity index (χ2v) is 3.48. The highest BCUT2D eigenvalue weighted by molar-refractivity contribution is 4.78. The van der Waals surface area contributed by atoms with Gasteiger partial charge in [-0.1, -0.05) is 13.3 Å². The fourth-order valence-electron chi connectivity index (χ4n) is 2.02. The summed E-state index contributed by atoms with van der Waals surface area (Å²) in [5.74, 6) is 1.81. The van der Waals surface area contributed by atoms with E-state index in [-0.39, 0.29) is 0 Å². The van der Waals surface area contributed by atoms with E-state index in [9.17, 15) is 0 Å². The average molecular weight is 156 g/mol. The summed E-state index contributed by atoms with van der Waals surface area (Å²) in [6, 6.07) is 0. The van der Waals surface area contributed by atoms with Gasteiger partial charge in [0.2, 0.25) is 0 Å². The first-order valence-electron chi connectivity index (χ1n) is 4.73. The van der Waals surface area contributed by atoms with E-state index in [1.165, 1.54) is 32.5 Å². The van der Waals surface area contributed by atoms with Crippen molar-refractivity contribution in [2.45, 2.75) is 19.8 Å². The molecule has 0 bridgehead atoms. The van der Waals surface area contributed by atoms with E-state index in [4.69, 9.17) is 0 Å². The molecule has 1 aliphatic heterocycles. The number of piperidine rings is 1. The molecule has 1 heterocycles. The lowest BCUT2D eigenvalue weighted by Gasteiger charge is -2.31. The topological polar surface area (TPSA) is 24.1 Å². The summed E-state index contributed by atoms with van der Waals surface area (Å²) in [5.41, 5.74) is 0. The summed E-state index contributed by atoms with van der Waals surface area (Å²) in [5, 5.41) is 6.71. The molecule has 2 heteroatoms. The zero-order chi connectivity index (χ0) is 8.10. The molecule has 0 aromatic heterocycles. The van der Waals surface area contributed by atoms with E-state index < -0.39 is 0 Å². The zero-order valence-corrected chi connectivity index (χ0v) is 7.69. The minimum atomic E-state index is 0.860. The van der Waals surface area contributed by atoms with E-state index in [1.54, 1.807) is 0 Å². The van der Waals surface area contributed by atoms with Crippen LogP contribution < -0.4 is 10.6 Å². The molecule has 11 heavy (non-hydrogen) atoms. The van der Waals surface area contributed by atoms with Crippen molar-refractivity contribution < 1.29 is 0 Å². The van der Waals surface area contributed by atoms with Crippen molar-refractivity contribution in [2.24, 2.45) is 11.8 Å². The van der Waals surface area contributed by atoms with Gasteiger partial charge in [-0.2, -0.15) is 0 Å². The molecule has 2 unspecified atom stereocenters. The third-order valence-electron chi connectivity index (χ3n) is 2.76. The monoisotopic (exact) mass is 156 g/mol. The van der Waals surface area contributed by atoms with Crippen LogP contribution >= 0.6 is 0 Å². The third-order valence-corrected chi connectivity index (χ3v) is 2.76. The summed E-state index contributed by atoms with van der Waals surface area (Å²) >= 11 is 0. The van der Waals surface area contributed by atoms with Crippen LogP contribution in [0.2, 0.25) is 0 Å². The molecule has 0 aromatic rings. The lowest BCUT2D eigenvalue weighted by molar-refractivity contribution is 0.244. The molecular formula is C9H20N2. The predicted molar refractivity (Wildman–Crippen MR) is 48.7 cm³/mol. The van der Waals surface area contributed by atoms with Gasteiger partial charge in [-0.3, -0.25) is 0 Å². The van der Waals surface area contributed by atoms with Crippen molar-refractivity contribution in [3.8, 4) is 0 Å². The molecule has 0 aromatic carbocycles. The highest BCUT2D eigenvalue weighted by Crippen LogP contribution is 2.21. The smallest absolute Gasteiger partial charge is 0.000571 e. The molecule has 0 amide bonds. The maximum absolute atomic E-state index is 3.44. The maximum Gasteiger partial charge on any atom is -0.000571 e. The van der Waals surface area contributed by atoms with Crippen LogP contribution in [-0.2, 0) is 0 Å². The Morgan fingerprint density at radius 3 is 2.91 bits per heavy atom. The van der Waals surface area contributed by atoms with Crippen molar-refractivity contribution in [3.05, 3.63) is 0 Å². The Morgan fingerprint density at radius 2 is 2.27 bits per heavy atom. The van der Waals surface area contributed by atoms with Gasteiger partial charge in [0.1, 0.15) is 0 Å². The average Bonchev–Trinajstić information content (AvgIpc) is 2.06. The van der Waals surface area contributed by atoms with Crippen molar-refractivity contribution >= 4 is 0 Å². The van der Waals surface area contributed by atoms with Gasteiger partial charge >= 0.3 is 0 Å². The van der Waals surface area contributed by atoms with Crippen LogP contribution in [0, 0.1) is 11.8 Å². The van der Waals surface area contributed by atoms with Crippen molar-refractivity contribution in [2.75, 3.05) is 26.7 Å². The van der Waals surface area contributed by atoms with Crippen molar-refractivity contribution in [1.82, 2.24) is 10.6 Å². The van der Waals surface area contributed by atoms with Gasteiger partial charge in [-0.25, -0.2) is 0 Å². The Kier molecular flexibility index (Phi) is 3.87. The summed E-state index contributed by atoms with van der Waals surface area (Å²) in [7, 11) is 2.04. The normalized spacial score (nSPS) is 32.2. The fourth-order valence-corrected chi connectivity index (χ4v) is 2.02. The van der Waals surface area contributed by atoms with E-state index in [2.05, 4.69) is 17.6 Å². The molecule has 1 fully saturated rings. The Hall–Kier alpha value is -0.0800. The van der Waals surface area contributed by atoms with Gasteiger partial charge in [0.15, 0.2) is 0 Å². The fraction of sp³-hybridized carbons (Fsp3) is 1.00. The highest BCUT2D eigenvalue weighted by atomic mass is 14.9. The van der Waals surface area contributed by atoms with Gasteiger partial charge in [-0.15, -0.1) is 0 Å². The van der Waals surface area contributed by atoms with Crippen LogP contribution in [0.25, 0.3) is 0 Å². The maximum atomic E-state index is 3.44. The summed E-state index contributed by atoms with van der Waals surface area (Å²) in [4.78, 5) is 0. The van der Waals surface area contributed by atoms with Crippen molar-refractivity contribution in [3.63, 3.8) is 0 Å². The summed E-state index contributed by atoms with van der Waals surface area (Å²) in [6.07, 6.45) is 2.71. The van der Waals surface area contributed by atoms with Gasteiger partial charge in [0, 0.05) is 0 Å². The molecule has 0 saturated carbocycles. The van der Waals surface area contributed by atoms with E-state index in [1.807, 2.05) is 7.05 Å². The lowest BCUT2D eigenvalue weighted by Crippen LogP contribution is -2.40. The molecule has 2 N–H and O–H groups in total. The second kappa shape index (κ2) is 4.73. The minimum absolute atomic E-state index is 0.860. The quantitative estimate of drug-likeness (QED) is 0.633. The zero-order valence-electron chi connectivity index (χ0n) is 7.69. The molecule has 66 valence electrons. The molecule has 0 spiro atoms. The number of hydrogen-bond acceptors (Lipinski definition) is 2. The Balaban J connectivity index is 2.31.